The lowest BCUT2D eigenvalue weighted by Gasteiger charge is -2.34. The van der Waals surface area contributed by atoms with E-state index in [9.17, 15) is 14.4 Å². The summed E-state index contributed by atoms with van der Waals surface area (Å²) in [6, 6.07) is 14.4. The van der Waals surface area contributed by atoms with E-state index in [2.05, 4.69) is 10.3 Å². The zero-order chi connectivity index (χ0) is 26.4. The van der Waals surface area contributed by atoms with E-state index < -0.39 is 12.1 Å². The van der Waals surface area contributed by atoms with Crippen molar-refractivity contribution in [3.63, 3.8) is 0 Å². The molecule has 3 atom stereocenters. The average Bonchev–Trinajstić information content (AvgIpc) is 3.34. The van der Waals surface area contributed by atoms with Gasteiger partial charge in [0.1, 0.15) is 12.4 Å². The number of ketones is 1. The number of aryl methyl sites for hydroxylation is 1. The molecular weight excluding hydrogens is 468 g/mol. The summed E-state index contributed by atoms with van der Waals surface area (Å²) in [5.41, 5.74) is 3.70. The lowest BCUT2D eigenvalue weighted by molar-refractivity contribution is -0.137. The summed E-state index contributed by atoms with van der Waals surface area (Å²) in [7, 11) is 0. The summed E-state index contributed by atoms with van der Waals surface area (Å²) < 4.78 is 5.35. The van der Waals surface area contributed by atoms with Crippen molar-refractivity contribution < 1.29 is 19.1 Å². The number of hydrogen-bond acceptors (Lipinski definition) is 5. The number of carbonyl (C=O) groups is 3. The number of nitrogens with zero attached hydrogens (tertiary/aromatic N) is 2. The molecule has 1 aromatic heterocycles. The van der Waals surface area contributed by atoms with Gasteiger partial charge in [0.15, 0.2) is 5.78 Å². The second-order valence-corrected chi connectivity index (χ2v) is 10.1. The van der Waals surface area contributed by atoms with Gasteiger partial charge >= 0.3 is 6.09 Å². The van der Waals surface area contributed by atoms with Crippen LogP contribution in [0.5, 0.6) is 0 Å². The minimum absolute atomic E-state index is 0.0828. The molecule has 2 amide bonds. The number of para-hydroxylation sites is 1. The number of ether oxygens (including phenoxy) is 1. The van der Waals surface area contributed by atoms with E-state index >= 15 is 0 Å². The van der Waals surface area contributed by atoms with Gasteiger partial charge in [-0.25, -0.2) is 9.78 Å². The van der Waals surface area contributed by atoms with Gasteiger partial charge in [0.05, 0.1) is 23.5 Å². The molecule has 1 aliphatic heterocycles. The Morgan fingerprint density at radius 3 is 2.62 bits per heavy atom. The minimum atomic E-state index is -0.974. The van der Waals surface area contributed by atoms with Crippen molar-refractivity contribution in [3.05, 3.63) is 65.5 Å². The third-order valence-corrected chi connectivity index (χ3v) is 7.10. The molecule has 2 aromatic carbocycles. The third kappa shape index (κ3) is 6.76. The Morgan fingerprint density at radius 1 is 1.11 bits per heavy atom. The molecule has 4 rings (SSSR count). The maximum atomic E-state index is 13.4. The Balaban J connectivity index is 1.45. The Bertz CT molecular complexity index is 1240. The van der Waals surface area contributed by atoms with Crippen molar-refractivity contribution in [2.45, 2.75) is 77.5 Å². The van der Waals surface area contributed by atoms with Crippen LogP contribution in [0, 0.1) is 6.92 Å². The van der Waals surface area contributed by atoms with Crippen molar-refractivity contribution in [1.82, 2.24) is 20.2 Å². The number of rotatable bonds is 9. The summed E-state index contributed by atoms with van der Waals surface area (Å²) in [6.07, 6.45) is 2.31. The van der Waals surface area contributed by atoms with Crippen LogP contribution in [-0.4, -0.2) is 51.3 Å². The molecule has 0 saturated carbocycles. The molecule has 0 bridgehead atoms. The molecule has 1 fully saturated rings. The Morgan fingerprint density at radius 2 is 1.89 bits per heavy atom. The maximum absolute atomic E-state index is 13.4. The molecule has 0 unspecified atom stereocenters. The highest BCUT2D eigenvalue weighted by Gasteiger charge is 2.31. The summed E-state index contributed by atoms with van der Waals surface area (Å²) >= 11 is 0. The number of hydrogen-bond donors (Lipinski definition) is 2. The van der Waals surface area contributed by atoms with Gasteiger partial charge in [0.25, 0.3) is 0 Å². The van der Waals surface area contributed by atoms with E-state index in [0.717, 1.165) is 41.4 Å². The zero-order valence-electron chi connectivity index (χ0n) is 21.8. The quantitative estimate of drug-likeness (QED) is 0.426. The molecule has 2 heterocycles. The molecule has 3 aromatic rings. The predicted molar refractivity (Wildman–Crippen MR) is 142 cm³/mol. The molecular formula is C29H36N4O4. The van der Waals surface area contributed by atoms with Crippen LogP contribution in [0.3, 0.4) is 0 Å². The van der Waals surface area contributed by atoms with E-state index in [1.807, 2.05) is 74.2 Å². The number of benzene rings is 2. The first-order valence-corrected chi connectivity index (χ1v) is 13.1. The number of fused-ring (bicyclic) bond motifs is 1. The van der Waals surface area contributed by atoms with Crippen LogP contribution in [0.25, 0.3) is 11.0 Å². The highest BCUT2D eigenvalue weighted by Crippen LogP contribution is 2.24. The number of piperidine rings is 1. The fourth-order valence-corrected chi connectivity index (χ4v) is 4.88. The number of H-pyrrole nitrogens is 1. The van der Waals surface area contributed by atoms with Gasteiger partial charge in [0, 0.05) is 24.9 Å². The molecule has 37 heavy (non-hydrogen) atoms. The smallest absolute Gasteiger partial charge is 0.408 e. The lowest BCUT2D eigenvalue weighted by Crippen LogP contribution is -2.48. The van der Waals surface area contributed by atoms with Gasteiger partial charge in [0.2, 0.25) is 5.91 Å². The van der Waals surface area contributed by atoms with Crippen molar-refractivity contribution in [2.75, 3.05) is 6.54 Å². The van der Waals surface area contributed by atoms with Crippen LogP contribution >= 0.6 is 0 Å². The Hall–Kier alpha value is -3.68. The highest BCUT2D eigenvalue weighted by molar-refractivity contribution is 5.92. The summed E-state index contributed by atoms with van der Waals surface area (Å²) in [5, 5.41) is 2.68. The van der Waals surface area contributed by atoms with Gasteiger partial charge in [-0.1, -0.05) is 49.4 Å². The molecule has 0 spiro atoms. The molecule has 0 radical (unpaired) electrons. The number of amides is 2. The first-order chi connectivity index (χ1) is 17.8. The number of Topliss-reactive ketones (excluding diaryl/α,β-unsaturated/α-hetero) is 1. The van der Waals surface area contributed by atoms with Gasteiger partial charge in [-0.3, -0.25) is 9.59 Å². The van der Waals surface area contributed by atoms with Gasteiger partial charge in [-0.2, -0.15) is 0 Å². The standard InChI is InChI=1S/C29H36N4O4/c1-19-10-9-14-23-27(19)32-28(30-23)20(2)16-25(34)24(17-26(35)33-15-8-7-11-21(33)3)31-29(36)37-18-22-12-5-4-6-13-22/h4-6,9-10,12-14,20-21,24H,7-8,11,15-18H2,1-3H3,(H,30,32)(H,31,36)/t20-,21+,24+/m1/s1. The number of aromatic amines is 1. The number of aromatic nitrogens is 2. The SMILES string of the molecule is Cc1cccc2[nH]c([C@H](C)CC(=O)[C@H](CC(=O)N3CCCC[C@@H]3C)NC(=O)OCc3ccccc3)nc12. The molecule has 8 nitrogen and oxygen atoms in total. The van der Waals surface area contributed by atoms with Crippen LogP contribution in [-0.2, 0) is 20.9 Å². The second-order valence-electron chi connectivity index (χ2n) is 10.1. The van der Waals surface area contributed by atoms with Gasteiger partial charge in [-0.15, -0.1) is 0 Å². The van der Waals surface area contributed by atoms with Gasteiger partial charge < -0.3 is 19.9 Å². The maximum Gasteiger partial charge on any atom is 0.408 e. The van der Waals surface area contributed by atoms with Crippen LogP contribution in [0.4, 0.5) is 4.79 Å². The Labute approximate surface area is 217 Å². The molecule has 1 aliphatic rings. The zero-order valence-corrected chi connectivity index (χ0v) is 21.8. The van der Waals surface area contributed by atoms with Crippen LogP contribution in [0.2, 0.25) is 0 Å². The van der Waals surface area contributed by atoms with Crippen molar-refractivity contribution in [1.29, 1.82) is 0 Å². The first kappa shape index (κ1) is 26.4. The molecule has 8 heteroatoms. The number of nitrogens with one attached hydrogen (secondary N) is 2. The number of carbonyl (C=O) groups excluding carboxylic acids is 3. The van der Waals surface area contributed by atoms with E-state index in [0.29, 0.717) is 12.4 Å². The molecule has 2 N–H and O–H groups in total. The average molecular weight is 505 g/mol. The van der Waals surface area contributed by atoms with Crippen LogP contribution in [0.15, 0.2) is 48.5 Å². The third-order valence-electron chi connectivity index (χ3n) is 7.10. The number of imidazole rings is 1. The van der Waals surface area contributed by atoms with E-state index in [1.165, 1.54) is 0 Å². The van der Waals surface area contributed by atoms with E-state index in [4.69, 9.17) is 9.72 Å². The first-order valence-electron chi connectivity index (χ1n) is 13.1. The Kier molecular flexibility index (Phi) is 8.58. The van der Waals surface area contributed by atoms with Crippen molar-refractivity contribution in [2.24, 2.45) is 0 Å². The second kappa shape index (κ2) is 12.0. The minimum Gasteiger partial charge on any atom is -0.445 e. The number of likely N-dealkylation sites (tertiary alicyclic amines) is 1. The molecule has 0 aliphatic carbocycles. The van der Waals surface area contributed by atoms with Crippen LogP contribution in [0.1, 0.15) is 68.8 Å². The summed E-state index contributed by atoms with van der Waals surface area (Å²) in [6.45, 7) is 6.70. The van der Waals surface area contributed by atoms with E-state index in [-0.39, 0.29) is 43.1 Å². The normalized spacial score (nSPS) is 17.3. The van der Waals surface area contributed by atoms with Crippen LogP contribution < -0.4 is 5.32 Å². The van der Waals surface area contributed by atoms with E-state index in [1.54, 1.807) is 0 Å². The molecule has 1 saturated heterocycles. The largest absolute Gasteiger partial charge is 0.445 e. The lowest BCUT2D eigenvalue weighted by atomic mass is 9.96. The monoisotopic (exact) mass is 504 g/mol. The summed E-state index contributed by atoms with van der Waals surface area (Å²) in [5.74, 6) is 0.146. The van der Waals surface area contributed by atoms with Gasteiger partial charge in [-0.05, 0) is 50.3 Å². The fraction of sp³-hybridized carbons (Fsp3) is 0.448. The van der Waals surface area contributed by atoms with Crippen molar-refractivity contribution >= 4 is 28.8 Å². The topological polar surface area (TPSA) is 104 Å². The predicted octanol–water partition coefficient (Wildman–Crippen LogP) is 5.02. The molecule has 196 valence electrons. The van der Waals surface area contributed by atoms with Crippen molar-refractivity contribution in [3.8, 4) is 0 Å². The fourth-order valence-electron chi connectivity index (χ4n) is 4.88. The summed E-state index contributed by atoms with van der Waals surface area (Å²) in [4.78, 5) is 49.1. The highest BCUT2D eigenvalue weighted by atomic mass is 16.5. The number of alkyl carbamates (subject to hydrolysis) is 1.